The molecular weight excluding hydrogens is 356 g/mol. The largest absolute Gasteiger partial charge is 0.497 e. The Kier molecular flexibility index (Phi) is 5.16. The minimum atomic E-state index is 0.0957. The van der Waals surface area contributed by atoms with E-state index in [0.29, 0.717) is 0 Å². The summed E-state index contributed by atoms with van der Waals surface area (Å²) in [6, 6.07) is 27.7. The van der Waals surface area contributed by atoms with Crippen molar-refractivity contribution in [2.24, 2.45) is 0 Å². The number of para-hydroxylation sites is 1. The van der Waals surface area contributed by atoms with Gasteiger partial charge in [0.1, 0.15) is 5.75 Å². The Bertz CT molecular complexity index is 984. The molecule has 0 saturated heterocycles. The molecule has 0 saturated carbocycles. The maximum Gasteiger partial charge on any atom is 0.118 e. The predicted molar refractivity (Wildman–Crippen MR) is 121 cm³/mol. The smallest absolute Gasteiger partial charge is 0.118 e. The Morgan fingerprint density at radius 2 is 1.48 bits per heavy atom. The van der Waals surface area contributed by atoms with E-state index in [0.717, 1.165) is 17.1 Å². The third kappa shape index (κ3) is 4.06. The van der Waals surface area contributed by atoms with E-state index < -0.39 is 0 Å². The lowest BCUT2D eigenvalue weighted by molar-refractivity contribution is 0.414. The Balaban J connectivity index is 1.71. The lowest BCUT2D eigenvalue weighted by Gasteiger charge is -2.25. The van der Waals surface area contributed by atoms with Crippen LogP contribution in [0.4, 0.5) is 5.69 Å². The number of nitrogens with one attached hydrogen (secondary N) is 1. The molecule has 148 valence electrons. The quantitative estimate of drug-likeness (QED) is 0.588. The van der Waals surface area contributed by atoms with E-state index in [1.54, 1.807) is 7.11 Å². The third-order valence-electron chi connectivity index (χ3n) is 5.37. The zero-order valence-corrected chi connectivity index (χ0v) is 17.5. The van der Waals surface area contributed by atoms with E-state index in [1.165, 1.54) is 16.7 Å². The molecule has 0 amide bonds. The molecule has 4 rings (SSSR count). The van der Waals surface area contributed by atoms with Crippen LogP contribution in [0.2, 0.25) is 0 Å². The molecule has 3 nitrogen and oxygen atoms in total. The average molecular weight is 385 g/mol. The van der Waals surface area contributed by atoms with Crippen LogP contribution in [0.5, 0.6) is 5.75 Å². The maximum absolute atomic E-state index is 5.31. The van der Waals surface area contributed by atoms with Crippen LogP contribution in [0.15, 0.2) is 84.9 Å². The van der Waals surface area contributed by atoms with E-state index in [2.05, 4.69) is 97.9 Å². The van der Waals surface area contributed by atoms with Crippen molar-refractivity contribution in [2.45, 2.75) is 32.2 Å². The Morgan fingerprint density at radius 3 is 2.07 bits per heavy atom. The van der Waals surface area contributed by atoms with Gasteiger partial charge in [-0.05, 0) is 52.4 Å². The minimum Gasteiger partial charge on any atom is -0.497 e. The van der Waals surface area contributed by atoms with Crippen molar-refractivity contribution in [1.82, 2.24) is 5.43 Å². The number of hydrogen-bond acceptors (Lipinski definition) is 3. The molecule has 3 heteroatoms. The summed E-state index contributed by atoms with van der Waals surface area (Å²) in [5, 5.41) is 2.18. The number of anilines is 1. The van der Waals surface area contributed by atoms with Gasteiger partial charge in [-0.3, -0.25) is 5.01 Å². The van der Waals surface area contributed by atoms with Crippen molar-refractivity contribution >= 4 is 11.4 Å². The van der Waals surface area contributed by atoms with Gasteiger partial charge in [-0.15, -0.1) is 0 Å². The molecule has 0 radical (unpaired) electrons. The van der Waals surface area contributed by atoms with E-state index in [1.807, 2.05) is 18.2 Å². The highest BCUT2D eigenvalue weighted by atomic mass is 16.5. The van der Waals surface area contributed by atoms with Crippen LogP contribution in [0.25, 0.3) is 5.70 Å². The molecule has 1 atom stereocenters. The standard InChI is InChI=1S/C26H28N2O/c1-26(2,3)21-14-10-20(11-15-21)25-18-24(19-12-16-23(29-4)17-13-19)27-28(25)22-8-6-5-7-9-22/h5-18,24,27H,1-4H3. The molecule has 1 aliphatic rings. The van der Waals surface area contributed by atoms with Crippen LogP contribution in [0, 0.1) is 0 Å². The zero-order chi connectivity index (χ0) is 20.4. The van der Waals surface area contributed by atoms with E-state index in [-0.39, 0.29) is 11.5 Å². The average Bonchev–Trinajstić information content (AvgIpc) is 3.19. The molecule has 0 spiro atoms. The van der Waals surface area contributed by atoms with Crippen LogP contribution in [-0.4, -0.2) is 7.11 Å². The van der Waals surface area contributed by atoms with Gasteiger partial charge in [0, 0.05) is 0 Å². The predicted octanol–water partition coefficient (Wildman–Crippen LogP) is 6.10. The second-order valence-electron chi connectivity index (χ2n) is 8.43. The highest BCUT2D eigenvalue weighted by molar-refractivity contribution is 5.81. The third-order valence-corrected chi connectivity index (χ3v) is 5.37. The van der Waals surface area contributed by atoms with Crippen molar-refractivity contribution in [2.75, 3.05) is 12.1 Å². The normalized spacial score (nSPS) is 16.6. The molecular formula is C26H28N2O. The number of ether oxygens (including phenoxy) is 1. The van der Waals surface area contributed by atoms with Gasteiger partial charge in [0.2, 0.25) is 0 Å². The SMILES string of the molecule is COc1ccc(C2C=C(c3ccc(C(C)(C)C)cc3)N(c3ccccc3)N2)cc1. The number of hydrazine groups is 1. The molecule has 0 aliphatic carbocycles. The van der Waals surface area contributed by atoms with Gasteiger partial charge in [-0.1, -0.05) is 75.4 Å². The summed E-state index contributed by atoms with van der Waals surface area (Å²) in [7, 11) is 1.69. The van der Waals surface area contributed by atoms with Crippen LogP contribution < -0.4 is 15.2 Å². The summed E-state index contributed by atoms with van der Waals surface area (Å²) >= 11 is 0. The second-order valence-corrected chi connectivity index (χ2v) is 8.43. The highest BCUT2D eigenvalue weighted by Crippen LogP contribution is 2.35. The fourth-order valence-electron chi connectivity index (χ4n) is 3.62. The first-order valence-corrected chi connectivity index (χ1v) is 10.0. The fourth-order valence-corrected chi connectivity index (χ4v) is 3.62. The van der Waals surface area contributed by atoms with Crippen molar-refractivity contribution in [3.8, 4) is 5.75 Å². The van der Waals surface area contributed by atoms with Gasteiger partial charge in [0.25, 0.3) is 0 Å². The Hall–Kier alpha value is -3.04. The number of nitrogens with zero attached hydrogens (tertiary/aromatic N) is 1. The molecule has 1 aliphatic heterocycles. The molecule has 0 aromatic heterocycles. The molecule has 0 fully saturated rings. The van der Waals surface area contributed by atoms with Gasteiger partial charge in [-0.2, -0.15) is 0 Å². The summed E-state index contributed by atoms with van der Waals surface area (Å²) in [5.41, 5.74) is 9.82. The number of hydrogen-bond donors (Lipinski definition) is 1. The van der Waals surface area contributed by atoms with E-state index in [4.69, 9.17) is 4.74 Å². The molecule has 1 heterocycles. The van der Waals surface area contributed by atoms with Crippen LogP contribution in [-0.2, 0) is 5.41 Å². The lowest BCUT2D eigenvalue weighted by Crippen LogP contribution is -2.33. The van der Waals surface area contributed by atoms with E-state index >= 15 is 0 Å². The molecule has 29 heavy (non-hydrogen) atoms. The first-order valence-electron chi connectivity index (χ1n) is 10.0. The van der Waals surface area contributed by atoms with Crippen molar-refractivity contribution in [1.29, 1.82) is 0 Å². The zero-order valence-electron chi connectivity index (χ0n) is 17.5. The summed E-state index contributed by atoms with van der Waals surface area (Å²) in [6.45, 7) is 6.73. The molecule has 3 aromatic carbocycles. The fraction of sp³-hybridized carbons (Fsp3) is 0.231. The second kappa shape index (κ2) is 7.76. The van der Waals surface area contributed by atoms with Crippen LogP contribution in [0.3, 0.4) is 0 Å². The Labute approximate surface area is 173 Å². The topological polar surface area (TPSA) is 24.5 Å². The highest BCUT2D eigenvalue weighted by Gasteiger charge is 2.26. The van der Waals surface area contributed by atoms with Gasteiger partial charge >= 0.3 is 0 Å². The molecule has 1 unspecified atom stereocenters. The Morgan fingerprint density at radius 1 is 0.828 bits per heavy atom. The van der Waals surface area contributed by atoms with Crippen molar-refractivity contribution < 1.29 is 4.74 Å². The van der Waals surface area contributed by atoms with Crippen molar-refractivity contribution in [3.63, 3.8) is 0 Å². The maximum atomic E-state index is 5.31. The summed E-state index contributed by atoms with van der Waals surface area (Å²) in [4.78, 5) is 0. The van der Waals surface area contributed by atoms with E-state index in [9.17, 15) is 0 Å². The molecule has 3 aromatic rings. The van der Waals surface area contributed by atoms with Crippen LogP contribution in [0.1, 0.15) is 43.5 Å². The number of rotatable bonds is 4. The molecule has 1 N–H and O–H groups in total. The number of methoxy groups -OCH3 is 1. The number of benzene rings is 3. The summed E-state index contributed by atoms with van der Waals surface area (Å²) in [6.07, 6.45) is 2.29. The van der Waals surface area contributed by atoms with Gasteiger partial charge in [0.15, 0.2) is 0 Å². The van der Waals surface area contributed by atoms with Crippen molar-refractivity contribution in [3.05, 3.63) is 102 Å². The first-order chi connectivity index (χ1) is 14.0. The van der Waals surface area contributed by atoms with Gasteiger partial charge in [-0.25, -0.2) is 5.43 Å². The van der Waals surface area contributed by atoms with Crippen LogP contribution >= 0.6 is 0 Å². The van der Waals surface area contributed by atoms with Gasteiger partial charge in [0.05, 0.1) is 24.5 Å². The first kappa shape index (κ1) is 19.3. The summed E-state index contributed by atoms with van der Waals surface area (Å²) in [5.74, 6) is 0.869. The monoisotopic (exact) mass is 384 g/mol. The lowest BCUT2D eigenvalue weighted by atomic mass is 9.86. The minimum absolute atomic E-state index is 0.0957. The molecule has 0 bridgehead atoms. The van der Waals surface area contributed by atoms with Gasteiger partial charge < -0.3 is 4.74 Å². The summed E-state index contributed by atoms with van der Waals surface area (Å²) < 4.78 is 5.31.